The zero-order valence-electron chi connectivity index (χ0n) is 35.5. The highest BCUT2D eigenvalue weighted by Gasteiger charge is 2.62. The molecule has 21 heteroatoms. The van der Waals surface area contributed by atoms with Crippen molar-refractivity contribution in [2.75, 3.05) is 23.7 Å². The number of amides is 5. The van der Waals surface area contributed by atoms with Gasteiger partial charge in [-0.1, -0.05) is 26.0 Å². The van der Waals surface area contributed by atoms with Crippen LogP contribution in [-0.2, 0) is 28.8 Å². The molecule has 2 unspecified atom stereocenters. The van der Waals surface area contributed by atoms with E-state index in [1.807, 2.05) is 6.92 Å². The number of hydrogen-bond acceptors (Lipinski definition) is 13. The third-order valence-corrected chi connectivity index (χ3v) is 16.2. The number of rotatable bonds is 14. The molecule has 8 N–H and O–H groups in total. The average molecular weight is 933 g/mol. The van der Waals surface area contributed by atoms with Crippen LogP contribution in [0.3, 0.4) is 0 Å². The number of aliphatic hydroxyl groups is 2. The summed E-state index contributed by atoms with van der Waals surface area (Å²) in [5.74, 6) is -8.57. The summed E-state index contributed by atoms with van der Waals surface area (Å²) in [5.41, 5.74) is 0.217. The summed E-state index contributed by atoms with van der Waals surface area (Å²) in [5, 5.41) is 58.3. The first-order valence-corrected chi connectivity index (χ1v) is 22.9. The molecule has 2 aromatic rings. The molecule has 5 amide bonds. The molecule has 19 nitrogen and oxygen atoms in total. The van der Waals surface area contributed by atoms with E-state index in [9.17, 15) is 63.9 Å². The van der Waals surface area contributed by atoms with Gasteiger partial charge in [0.25, 0.3) is 5.91 Å². The van der Waals surface area contributed by atoms with Crippen LogP contribution in [0.1, 0.15) is 61.3 Å². The number of nitrogens with one attached hydrogen (secondary N) is 3. The van der Waals surface area contributed by atoms with E-state index < -0.39 is 107 Å². The van der Waals surface area contributed by atoms with E-state index in [0.717, 1.165) is 11.8 Å². The van der Waals surface area contributed by atoms with Gasteiger partial charge < -0.3 is 56.2 Å². The van der Waals surface area contributed by atoms with Crippen LogP contribution in [0.15, 0.2) is 69.7 Å². The second-order valence-electron chi connectivity index (χ2n) is 17.4. The number of carbonyl (C=O) groups is 8. The minimum atomic E-state index is -1.32. The number of thioether (sulfide) groups is 2. The quantitative estimate of drug-likeness (QED) is 0.126. The van der Waals surface area contributed by atoms with Gasteiger partial charge in [-0.25, -0.2) is 14.4 Å². The van der Waals surface area contributed by atoms with Crippen molar-refractivity contribution in [3.05, 3.63) is 80.9 Å². The second kappa shape index (κ2) is 17.6. The second-order valence-corrected chi connectivity index (χ2v) is 20.1. The molecule has 12 atom stereocenters. The minimum Gasteiger partial charge on any atom is -0.478 e. The number of carbonyl (C=O) groups excluding carboxylic acids is 5. The summed E-state index contributed by atoms with van der Waals surface area (Å²) in [6, 6.07) is 8.92. The SMILES string of the molecule is C[C@@H](O)C1C(=O)N2C(C(=O)O)=C(S[C@@H]3CN[C@H](C(=O)Nc4cccc(C(=O)N5C[C@@H](SC6=C(C(=O)O)N7C(=O)C([C@@H](C)O)[C@H]7[C@H]6C)C[C@H]5C(=O)Nc5cccc(C(=O)O)c5)c4)C3)[C@H](C)[C@H]12. The molecule has 0 spiro atoms. The molecule has 2 aromatic carbocycles. The van der Waals surface area contributed by atoms with Gasteiger partial charge in [0.2, 0.25) is 23.6 Å². The van der Waals surface area contributed by atoms with Gasteiger partial charge in [0, 0.05) is 62.2 Å². The normalized spacial score (nSPS) is 30.1. The highest BCUT2D eigenvalue weighted by molar-refractivity contribution is 8.04. The number of carboxylic acids is 3. The molecule has 6 heterocycles. The van der Waals surface area contributed by atoms with E-state index >= 15 is 0 Å². The van der Waals surface area contributed by atoms with Crippen LogP contribution < -0.4 is 16.0 Å². The smallest absolute Gasteiger partial charge is 0.353 e. The number of likely N-dealkylation sites (tertiary alicyclic amines) is 1. The zero-order valence-corrected chi connectivity index (χ0v) is 37.2. The summed E-state index contributed by atoms with van der Waals surface area (Å²) >= 11 is 2.46. The third-order valence-electron chi connectivity index (χ3n) is 13.2. The van der Waals surface area contributed by atoms with Gasteiger partial charge in [-0.15, -0.1) is 23.5 Å². The van der Waals surface area contributed by atoms with Crippen molar-refractivity contribution in [1.29, 1.82) is 0 Å². The van der Waals surface area contributed by atoms with Crippen molar-refractivity contribution < 1.29 is 63.9 Å². The Morgan fingerprint density at radius 3 is 1.69 bits per heavy atom. The van der Waals surface area contributed by atoms with Crippen LogP contribution >= 0.6 is 23.5 Å². The standard InChI is InChI=1S/C44H48N6O13S2/c1-17-31-29(19(3)51)40(56)49(31)33(43(60)61)35(17)64-25-13-27(45-15-25)37(53)46-23-9-5-7-21(11-23)39(55)48-16-26(14-28(48)38(54)47-24-10-6-8-22(12-24)42(58)59)65-36-18(2)32-30(20(4)52)41(57)50(32)34(36)44(62)63/h5-12,17-20,25-32,45,51-52H,13-16H2,1-4H3,(H,46,53)(H,47,54)(H,58,59)(H,60,61)(H,62,63)/t17-,18-,19-,20-,25+,26+,27+,28+,29?,30?,31-,32-/m1/s1. The first-order valence-electron chi connectivity index (χ1n) is 21.2. The van der Waals surface area contributed by atoms with Crippen LogP contribution in [-0.4, -0.2) is 148 Å². The Morgan fingerprint density at radius 2 is 1.18 bits per heavy atom. The first-order chi connectivity index (χ1) is 30.8. The Bertz CT molecular complexity index is 2480. The van der Waals surface area contributed by atoms with E-state index in [1.165, 1.54) is 76.7 Å². The van der Waals surface area contributed by atoms with Crippen LogP contribution in [0.2, 0.25) is 0 Å². The van der Waals surface area contributed by atoms with Crippen molar-refractivity contribution in [3.8, 4) is 0 Å². The van der Waals surface area contributed by atoms with E-state index in [2.05, 4.69) is 16.0 Å². The van der Waals surface area contributed by atoms with Crippen LogP contribution in [0.25, 0.3) is 0 Å². The van der Waals surface area contributed by atoms with Gasteiger partial charge in [-0.2, -0.15) is 0 Å². The number of aromatic carboxylic acids is 1. The molecular weight excluding hydrogens is 885 g/mol. The number of anilines is 2. The van der Waals surface area contributed by atoms with E-state index in [0.29, 0.717) is 22.8 Å². The van der Waals surface area contributed by atoms with Gasteiger partial charge in [-0.05, 0) is 63.1 Å². The topological polar surface area (TPSA) is 284 Å². The fourth-order valence-electron chi connectivity index (χ4n) is 10.1. The number of fused-ring (bicyclic) bond motifs is 2. The number of benzene rings is 2. The number of hydrogen-bond donors (Lipinski definition) is 8. The van der Waals surface area contributed by atoms with Crippen molar-refractivity contribution in [2.45, 2.75) is 87.4 Å². The highest BCUT2D eigenvalue weighted by atomic mass is 32.2. The van der Waals surface area contributed by atoms with Crippen molar-refractivity contribution in [2.24, 2.45) is 23.7 Å². The lowest BCUT2D eigenvalue weighted by molar-refractivity contribution is -0.163. The Kier molecular flexibility index (Phi) is 12.4. The lowest BCUT2D eigenvalue weighted by Crippen LogP contribution is -2.63. The molecule has 4 saturated heterocycles. The molecule has 6 aliphatic rings. The maximum absolute atomic E-state index is 14.4. The van der Waals surface area contributed by atoms with Gasteiger partial charge in [-0.3, -0.25) is 24.0 Å². The van der Waals surface area contributed by atoms with E-state index in [-0.39, 0.29) is 58.0 Å². The maximum atomic E-state index is 14.4. The Morgan fingerprint density at radius 1 is 0.692 bits per heavy atom. The van der Waals surface area contributed by atoms with Gasteiger partial charge >= 0.3 is 17.9 Å². The molecule has 0 radical (unpaired) electrons. The Hall–Kier alpha value is -5.74. The van der Waals surface area contributed by atoms with Gasteiger partial charge in [0.05, 0.1) is 47.7 Å². The molecule has 0 saturated carbocycles. The molecule has 344 valence electrons. The van der Waals surface area contributed by atoms with Crippen molar-refractivity contribution in [3.63, 3.8) is 0 Å². The molecule has 0 aliphatic carbocycles. The number of nitrogens with zero attached hydrogens (tertiary/aromatic N) is 3. The molecule has 0 aromatic heterocycles. The van der Waals surface area contributed by atoms with E-state index in [4.69, 9.17) is 0 Å². The monoisotopic (exact) mass is 932 g/mol. The molecular formula is C44H48N6O13S2. The molecule has 4 fully saturated rings. The van der Waals surface area contributed by atoms with Crippen LogP contribution in [0.5, 0.6) is 0 Å². The lowest BCUT2D eigenvalue weighted by Gasteiger charge is -2.46. The fourth-order valence-corrected chi connectivity index (χ4v) is 13.1. The molecule has 65 heavy (non-hydrogen) atoms. The predicted octanol–water partition coefficient (Wildman–Crippen LogP) is 2.05. The maximum Gasteiger partial charge on any atom is 0.353 e. The number of carboxylic acid groups (broad SMARTS) is 3. The van der Waals surface area contributed by atoms with Crippen molar-refractivity contribution in [1.82, 2.24) is 20.0 Å². The largest absolute Gasteiger partial charge is 0.478 e. The Balaban J connectivity index is 0.977. The van der Waals surface area contributed by atoms with Crippen LogP contribution in [0, 0.1) is 23.7 Å². The Labute approximate surface area is 380 Å². The molecule has 6 aliphatic heterocycles. The number of aliphatic carboxylic acids is 2. The molecule has 8 rings (SSSR count). The average Bonchev–Trinajstić information content (AvgIpc) is 4.00. The van der Waals surface area contributed by atoms with Crippen molar-refractivity contribution >= 4 is 82.3 Å². The third kappa shape index (κ3) is 8.06. The highest BCUT2D eigenvalue weighted by Crippen LogP contribution is 2.53. The van der Waals surface area contributed by atoms with Crippen LogP contribution in [0.4, 0.5) is 11.4 Å². The summed E-state index contributed by atoms with van der Waals surface area (Å²) < 4.78 is 0. The molecule has 0 bridgehead atoms. The fraction of sp³-hybridized carbons (Fsp3) is 0.455. The minimum absolute atomic E-state index is 0.0229. The van der Waals surface area contributed by atoms with Gasteiger partial charge in [0.1, 0.15) is 17.4 Å². The summed E-state index contributed by atoms with van der Waals surface area (Å²) in [6.45, 7) is 6.93. The lowest BCUT2D eigenvalue weighted by atomic mass is 9.79. The summed E-state index contributed by atoms with van der Waals surface area (Å²) in [4.78, 5) is 109. The number of β-lactam (4-membered cyclic amide) rings is 2. The van der Waals surface area contributed by atoms with Gasteiger partial charge in [0.15, 0.2) is 0 Å². The first kappa shape index (κ1) is 45.8. The number of aliphatic hydroxyl groups excluding tert-OH is 2. The summed E-state index contributed by atoms with van der Waals surface area (Å²) in [6.07, 6.45) is -1.56. The predicted molar refractivity (Wildman–Crippen MR) is 235 cm³/mol. The zero-order chi connectivity index (χ0) is 46.9. The van der Waals surface area contributed by atoms with E-state index in [1.54, 1.807) is 19.1 Å². The summed E-state index contributed by atoms with van der Waals surface area (Å²) in [7, 11) is 0.